The number of ether oxygens (including phenoxy) is 3. The molecular formula is C17H19F6N3O3. The summed E-state index contributed by atoms with van der Waals surface area (Å²) in [5.74, 6) is 0.798. The molecule has 0 radical (unpaired) electrons. The van der Waals surface area contributed by atoms with E-state index in [1.807, 2.05) is 12.2 Å². The van der Waals surface area contributed by atoms with Crippen LogP contribution in [0, 0.1) is 11.8 Å². The minimum atomic E-state index is -4.69. The molecular weight excluding hydrogens is 408 g/mol. The van der Waals surface area contributed by atoms with E-state index < -0.39 is 43.6 Å². The van der Waals surface area contributed by atoms with E-state index in [1.165, 1.54) is 0 Å². The third kappa shape index (κ3) is 9.01. The Labute approximate surface area is 162 Å². The Balaban J connectivity index is 1.99. The van der Waals surface area contributed by atoms with Crippen LogP contribution >= 0.6 is 0 Å². The van der Waals surface area contributed by atoms with E-state index in [-0.39, 0.29) is 6.61 Å². The molecule has 1 aromatic heterocycles. The predicted octanol–water partition coefficient (Wildman–Crippen LogP) is 4.29. The van der Waals surface area contributed by atoms with E-state index in [1.54, 1.807) is 6.08 Å². The third-order valence-corrected chi connectivity index (χ3v) is 3.87. The Morgan fingerprint density at radius 1 is 0.828 bits per heavy atom. The highest BCUT2D eigenvalue weighted by Gasteiger charge is 2.31. The molecule has 2 rings (SSSR count). The van der Waals surface area contributed by atoms with Crippen LogP contribution in [0.3, 0.4) is 0 Å². The van der Waals surface area contributed by atoms with Gasteiger partial charge in [-0.25, -0.2) is 0 Å². The molecule has 12 heteroatoms. The first kappa shape index (κ1) is 22.8. The lowest BCUT2D eigenvalue weighted by molar-refractivity contribution is -0.156. The standard InChI is InChI=1S/C17H19F6N3O3/c1-2-11-5-6-12(8-11)4-3-7-27-13-24-14(28-9-16(18,19)20)26-15(25-13)29-10-17(21,22)23/h2-4,11-12H,1,5-10H2/b4-3+. The van der Waals surface area contributed by atoms with Gasteiger partial charge in [0, 0.05) is 0 Å². The number of hydrogen-bond acceptors (Lipinski definition) is 6. The van der Waals surface area contributed by atoms with Gasteiger partial charge in [0.2, 0.25) is 0 Å². The predicted molar refractivity (Wildman–Crippen MR) is 88.6 cm³/mol. The molecule has 0 aromatic carbocycles. The Morgan fingerprint density at radius 3 is 1.76 bits per heavy atom. The van der Waals surface area contributed by atoms with Gasteiger partial charge in [-0.15, -0.1) is 21.5 Å². The topological polar surface area (TPSA) is 66.4 Å². The van der Waals surface area contributed by atoms with E-state index in [2.05, 4.69) is 31.0 Å². The van der Waals surface area contributed by atoms with Crippen molar-refractivity contribution in [2.24, 2.45) is 11.8 Å². The van der Waals surface area contributed by atoms with Crippen molar-refractivity contribution in [3.05, 3.63) is 24.8 Å². The zero-order valence-electron chi connectivity index (χ0n) is 15.2. The Bertz CT molecular complexity index is 672. The number of nitrogens with zero attached hydrogens (tertiary/aromatic N) is 3. The van der Waals surface area contributed by atoms with Gasteiger partial charge in [0.15, 0.2) is 13.2 Å². The summed E-state index contributed by atoms with van der Waals surface area (Å²) in [5.41, 5.74) is 0. The first-order valence-electron chi connectivity index (χ1n) is 8.61. The van der Waals surface area contributed by atoms with Crippen LogP contribution in [0.1, 0.15) is 19.3 Å². The fourth-order valence-electron chi connectivity index (χ4n) is 2.62. The maximum absolute atomic E-state index is 12.3. The molecule has 1 heterocycles. The van der Waals surface area contributed by atoms with Crippen LogP contribution in [0.5, 0.6) is 18.0 Å². The van der Waals surface area contributed by atoms with Gasteiger partial charge in [-0.3, -0.25) is 0 Å². The van der Waals surface area contributed by atoms with Gasteiger partial charge >= 0.3 is 30.4 Å². The second-order valence-corrected chi connectivity index (χ2v) is 6.30. The molecule has 1 saturated carbocycles. The molecule has 0 bridgehead atoms. The molecule has 162 valence electrons. The lowest BCUT2D eigenvalue weighted by Crippen LogP contribution is -2.22. The van der Waals surface area contributed by atoms with E-state index >= 15 is 0 Å². The second-order valence-electron chi connectivity index (χ2n) is 6.30. The maximum atomic E-state index is 12.3. The number of aromatic nitrogens is 3. The fraction of sp³-hybridized carbons (Fsp3) is 0.588. The molecule has 6 nitrogen and oxygen atoms in total. The average molecular weight is 427 g/mol. The van der Waals surface area contributed by atoms with Crippen LogP contribution in [0.15, 0.2) is 24.8 Å². The zero-order chi connectivity index (χ0) is 21.5. The van der Waals surface area contributed by atoms with Gasteiger partial charge in [0.05, 0.1) is 0 Å². The Hall–Kier alpha value is -2.53. The summed E-state index contributed by atoms with van der Waals surface area (Å²) in [5, 5.41) is 0. The van der Waals surface area contributed by atoms with Crippen LogP contribution in [0.4, 0.5) is 26.3 Å². The molecule has 1 fully saturated rings. The average Bonchev–Trinajstić information content (AvgIpc) is 3.09. The van der Waals surface area contributed by atoms with Gasteiger partial charge in [0.1, 0.15) is 6.61 Å². The van der Waals surface area contributed by atoms with Gasteiger partial charge in [0.25, 0.3) is 0 Å². The largest absolute Gasteiger partial charge is 0.459 e. The summed E-state index contributed by atoms with van der Waals surface area (Å²) < 4.78 is 87.5. The van der Waals surface area contributed by atoms with Gasteiger partial charge in [-0.1, -0.05) is 18.2 Å². The quantitative estimate of drug-likeness (QED) is 0.433. The fourth-order valence-corrected chi connectivity index (χ4v) is 2.62. The van der Waals surface area contributed by atoms with Crippen molar-refractivity contribution in [2.45, 2.75) is 31.6 Å². The van der Waals surface area contributed by atoms with Crippen molar-refractivity contribution in [1.29, 1.82) is 0 Å². The summed E-state index contributed by atoms with van der Waals surface area (Å²) in [7, 11) is 0. The maximum Gasteiger partial charge on any atom is 0.422 e. The van der Waals surface area contributed by atoms with Crippen LogP contribution in [0.2, 0.25) is 0 Å². The van der Waals surface area contributed by atoms with Gasteiger partial charge in [-0.05, 0) is 31.1 Å². The summed E-state index contributed by atoms with van der Waals surface area (Å²) in [6.45, 7) is 0.240. The van der Waals surface area contributed by atoms with Crippen molar-refractivity contribution in [2.75, 3.05) is 19.8 Å². The normalized spacial score (nSPS) is 20.1. The zero-order valence-corrected chi connectivity index (χ0v) is 15.2. The van der Waals surface area contributed by atoms with Crippen molar-refractivity contribution < 1.29 is 40.6 Å². The highest BCUT2D eigenvalue weighted by Crippen LogP contribution is 2.32. The van der Waals surface area contributed by atoms with Crippen LogP contribution in [-0.2, 0) is 0 Å². The molecule has 2 atom stereocenters. The van der Waals surface area contributed by atoms with Crippen molar-refractivity contribution in [1.82, 2.24) is 15.0 Å². The summed E-state index contributed by atoms with van der Waals surface area (Å²) >= 11 is 0. The number of hydrogen-bond donors (Lipinski definition) is 0. The van der Waals surface area contributed by atoms with Gasteiger partial charge in [-0.2, -0.15) is 26.3 Å². The number of alkyl halides is 6. The second kappa shape index (κ2) is 9.79. The molecule has 0 saturated heterocycles. The number of allylic oxidation sites excluding steroid dienone is 2. The first-order valence-corrected chi connectivity index (χ1v) is 8.61. The van der Waals surface area contributed by atoms with Crippen molar-refractivity contribution in [3.63, 3.8) is 0 Å². The molecule has 29 heavy (non-hydrogen) atoms. The van der Waals surface area contributed by atoms with Crippen LogP contribution in [-0.4, -0.2) is 47.1 Å². The Morgan fingerprint density at radius 2 is 1.31 bits per heavy atom. The van der Waals surface area contributed by atoms with Crippen molar-refractivity contribution in [3.8, 4) is 18.0 Å². The molecule has 0 amide bonds. The van der Waals surface area contributed by atoms with Gasteiger partial charge < -0.3 is 14.2 Å². The number of rotatable bonds is 9. The van der Waals surface area contributed by atoms with E-state index in [0.717, 1.165) is 19.3 Å². The van der Waals surface area contributed by atoms with Crippen LogP contribution < -0.4 is 14.2 Å². The summed E-state index contributed by atoms with van der Waals surface area (Å²) in [6, 6.07) is -2.24. The lowest BCUT2D eigenvalue weighted by Gasteiger charge is -2.11. The first-order chi connectivity index (χ1) is 13.5. The molecule has 0 N–H and O–H groups in total. The molecule has 1 aromatic rings. The molecule has 0 aliphatic heterocycles. The summed E-state index contributed by atoms with van der Waals surface area (Å²) in [6.07, 6.45) is -0.895. The van der Waals surface area contributed by atoms with E-state index in [0.29, 0.717) is 11.8 Å². The highest BCUT2D eigenvalue weighted by molar-refractivity contribution is 5.09. The molecule has 1 aliphatic rings. The number of halogens is 6. The smallest absolute Gasteiger partial charge is 0.422 e. The monoisotopic (exact) mass is 427 g/mol. The lowest BCUT2D eigenvalue weighted by atomic mass is 10.0. The minimum absolute atomic E-state index is 0.0449. The van der Waals surface area contributed by atoms with E-state index in [9.17, 15) is 26.3 Å². The van der Waals surface area contributed by atoms with Crippen LogP contribution in [0.25, 0.3) is 0 Å². The minimum Gasteiger partial charge on any atom is -0.459 e. The SMILES string of the molecule is C=CC1CCC(/C=C/COc2nc(OCC(F)(F)F)nc(OCC(F)(F)F)n2)C1. The molecule has 2 unspecified atom stereocenters. The van der Waals surface area contributed by atoms with E-state index in [4.69, 9.17) is 4.74 Å². The van der Waals surface area contributed by atoms with Crippen molar-refractivity contribution >= 4 is 0 Å². The Kier molecular flexibility index (Phi) is 7.68. The highest BCUT2D eigenvalue weighted by atomic mass is 19.4. The third-order valence-electron chi connectivity index (χ3n) is 3.87. The molecule has 1 aliphatic carbocycles. The summed E-state index contributed by atoms with van der Waals surface area (Å²) in [4.78, 5) is 10.3. The molecule has 0 spiro atoms.